The molecule has 0 fully saturated rings. The van der Waals surface area contributed by atoms with E-state index in [0.29, 0.717) is 5.75 Å². The average molecular weight is 504 g/mol. The minimum Gasteiger partial charge on any atom is -0.495 e. The third kappa shape index (κ3) is 7.99. The second kappa shape index (κ2) is 11.1. The van der Waals surface area contributed by atoms with Gasteiger partial charge < -0.3 is 15.0 Å². The van der Waals surface area contributed by atoms with Gasteiger partial charge in [-0.05, 0) is 64.8 Å². The number of hydrogen-bond donors (Lipinski definition) is 1. The third-order valence-electron chi connectivity index (χ3n) is 5.42. The third-order valence-corrected chi connectivity index (χ3v) is 6.55. The summed E-state index contributed by atoms with van der Waals surface area (Å²) in [6.45, 7) is 10.7. The standard InChI is InChI=1S/C26H37N3O5S/c1-18-9-12-21(13-10-18)16-28(20(3)25(31)27-26(4,5)6)24(30)17-29(35(8,32)33)22-15-19(2)11-14-23(22)34-7/h9-15,20H,16-17H2,1-8H3,(H,27,31)/t20-/m0/s1. The van der Waals surface area contributed by atoms with Crippen LogP contribution in [0.25, 0.3) is 0 Å². The highest BCUT2D eigenvalue weighted by Gasteiger charge is 2.32. The van der Waals surface area contributed by atoms with E-state index in [1.165, 1.54) is 12.0 Å². The number of benzene rings is 2. The van der Waals surface area contributed by atoms with E-state index in [4.69, 9.17) is 4.74 Å². The van der Waals surface area contributed by atoms with Gasteiger partial charge in [0.15, 0.2) is 0 Å². The normalized spacial score (nSPS) is 12.6. The Morgan fingerprint density at radius 3 is 2.11 bits per heavy atom. The molecule has 0 saturated heterocycles. The molecule has 0 bridgehead atoms. The van der Waals surface area contributed by atoms with Crippen molar-refractivity contribution in [2.24, 2.45) is 0 Å². The van der Waals surface area contributed by atoms with E-state index in [-0.39, 0.29) is 18.1 Å². The van der Waals surface area contributed by atoms with E-state index >= 15 is 0 Å². The zero-order valence-electron chi connectivity index (χ0n) is 21.9. The lowest BCUT2D eigenvalue weighted by Gasteiger charge is -2.33. The predicted octanol–water partition coefficient (Wildman–Crippen LogP) is 3.41. The van der Waals surface area contributed by atoms with Gasteiger partial charge in [0.25, 0.3) is 0 Å². The summed E-state index contributed by atoms with van der Waals surface area (Å²) in [7, 11) is -2.40. The van der Waals surface area contributed by atoms with Crippen molar-refractivity contribution >= 4 is 27.5 Å². The number of rotatable bonds is 9. The molecule has 35 heavy (non-hydrogen) atoms. The number of anilines is 1. The van der Waals surface area contributed by atoms with Gasteiger partial charge in [-0.15, -0.1) is 0 Å². The SMILES string of the molecule is COc1ccc(C)cc1N(CC(=O)N(Cc1ccc(C)cc1)[C@@H](C)C(=O)NC(C)(C)C)S(C)(=O)=O. The molecule has 2 aromatic carbocycles. The van der Waals surface area contributed by atoms with Gasteiger partial charge in [-0.2, -0.15) is 0 Å². The number of aryl methyl sites for hydroxylation is 2. The Hall–Kier alpha value is -3.07. The second-order valence-electron chi connectivity index (χ2n) is 9.87. The zero-order chi connectivity index (χ0) is 26.6. The molecule has 1 N–H and O–H groups in total. The van der Waals surface area contributed by atoms with Gasteiger partial charge in [-0.25, -0.2) is 8.42 Å². The van der Waals surface area contributed by atoms with Crippen LogP contribution in [0, 0.1) is 13.8 Å². The van der Waals surface area contributed by atoms with Crippen molar-refractivity contribution in [1.82, 2.24) is 10.2 Å². The van der Waals surface area contributed by atoms with Crippen LogP contribution in [-0.4, -0.2) is 56.6 Å². The van der Waals surface area contributed by atoms with Crippen LogP contribution in [-0.2, 0) is 26.2 Å². The number of nitrogens with one attached hydrogen (secondary N) is 1. The number of carbonyl (C=O) groups is 2. The highest BCUT2D eigenvalue weighted by atomic mass is 32.2. The number of nitrogens with zero attached hydrogens (tertiary/aromatic N) is 2. The molecule has 2 amide bonds. The molecule has 0 spiro atoms. The van der Waals surface area contributed by atoms with Crippen LogP contribution in [0.5, 0.6) is 5.75 Å². The van der Waals surface area contributed by atoms with Gasteiger partial charge in [-0.3, -0.25) is 13.9 Å². The van der Waals surface area contributed by atoms with Crippen LogP contribution in [0.2, 0.25) is 0 Å². The molecule has 0 aliphatic rings. The molecule has 0 aliphatic carbocycles. The number of methoxy groups -OCH3 is 1. The molecule has 1 atom stereocenters. The predicted molar refractivity (Wildman–Crippen MR) is 139 cm³/mol. The Balaban J connectivity index is 2.47. The molecule has 0 aromatic heterocycles. The largest absolute Gasteiger partial charge is 0.495 e. The van der Waals surface area contributed by atoms with Gasteiger partial charge in [0.1, 0.15) is 18.3 Å². The van der Waals surface area contributed by atoms with E-state index in [1.54, 1.807) is 25.1 Å². The molecular formula is C26H37N3O5S. The van der Waals surface area contributed by atoms with E-state index in [9.17, 15) is 18.0 Å². The van der Waals surface area contributed by atoms with Crippen molar-refractivity contribution in [2.45, 2.75) is 59.7 Å². The molecule has 0 aliphatic heterocycles. The molecule has 0 unspecified atom stereocenters. The fraction of sp³-hybridized carbons (Fsp3) is 0.462. The minimum absolute atomic E-state index is 0.153. The van der Waals surface area contributed by atoms with Crippen LogP contribution in [0.3, 0.4) is 0 Å². The number of carbonyl (C=O) groups excluding carboxylic acids is 2. The number of sulfonamides is 1. The van der Waals surface area contributed by atoms with Crippen molar-refractivity contribution in [3.63, 3.8) is 0 Å². The molecule has 0 heterocycles. The Bertz CT molecular complexity index is 1150. The highest BCUT2D eigenvalue weighted by molar-refractivity contribution is 7.92. The van der Waals surface area contributed by atoms with Gasteiger partial charge in [-0.1, -0.05) is 35.9 Å². The summed E-state index contributed by atoms with van der Waals surface area (Å²) in [5.41, 5.74) is 2.50. The smallest absolute Gasteiger partial charge is 0.244 e. The van der Waals surface area contributed by atoms with Crippen LogP contribution in [0.15, 0.2) is 42.5 Å². The van der Waals surface area contributed by atoms with Crippen LogP contribution < -0.4 is 14.4 Å². The molecule has 0 saturated carbocycles. The number of ether oxygens (including phenoxy) is 1. The molecule has 192 valence electrons. The molecule has 0 radical (unpaired) electrons. The summed E-state index contributed by atoms with van der Waals surface area (Å²) in [6, 6.07) is 11.9. The van der Waals surface area contributed by atoms with Crippen molar-refractivity contribution in [3.8, 4) is 5.75 Å². The van der Waals surface area contributed by atoms with Crippen LogP contribution in [0.4, 0.5) is 5.69 Å². The fourth-order valence-corrected chi connectivity index (χ4v) is 4.38. The first-order valence-electron chi connectivity index (χ1n) is 11.4. The van der Waals surface area contributed by atoms with E-state index in [2.05, 4.69) is 5.32 Å². The van der Waals surface area contributed by atoms with Crippen molar-refractivity contribution in [3.05, 3.63) is 59.2 Å². The number of hydrogen-bond acceptors (Lipinski definition) is 5. The topological polar surface area (TPSA) is 96.0 Å². The van der Waals surface area contributed by atoms with Gasteiger partial charge in [0.05, 0.1) is 19.1 Å². The van der Waals surface area contributed by atoms with Gasteiger partial charge >= 0.3 is 0 Å². The lowest BCUT2D eigenvalue weighted by molar-refractivity contribution is -0.140. The zero-order valence-corrected chi connectivity index (χ0v) is 22.7. The quantitative estimate of drug-likeness (QED) is 0.566. The Morgan fingerprint density at radius 2 is 1.60 bits per heavy atom. The molecule has 2 aromatic rings. The van der Waals surface area contributed by atoms with E-state index < -0.39 is 34.1 Å². The average Bonchev–Trinajstić information content (AvgIpc) is 2.74. The Morgan fingerprint density at radius 1 is 1.03 bits per heavy atom. The summed E-state index contributed by atoms with van der Waals surface area (Å²) >= 11 is 0. The van der Waals surface area contributed by atoms with Crippen LogP contribution >= 0.6 is 0 Å². The molecule has 9 heteroatoms. The lowest BCUT2D eigenvalue weighted by Crippen LogP contribution is -2.54. The number of amides is 2. The summed E-state index contributed by atoms with van der Waals surface area (Å²) in [5, 5.41) is 2.91. The maximum Gasteiger partial charge on any atom is 0.244 e. The molecule has 2 rings (SSSR count). The lowest BCUT2D eigenvalue weighted by atomic mass is 10.1. The maximum absolute atomic E-state index is 13.6. The summed E-state index contributed by atoms with van der Waals surface area (Å²) < 4.78 is 32.0. The molecule has 8 nitrogen and oxygen atoms in total. The minimum atomic E-state index is -3.84. The Labute approximate surface area is 209 Å². The van der Waals surface area contributed by atoms with Crippen LogP contribution in [0.1, 0.15) is 44.4 Å². The fourth-order valence-electron chi connectivity index (χ4n) is 3.54. The van der Waals surface area contributed by atoms with Gasteiger partial charge in [0, 0.05) is 12.1 Å². The van der Waals surface area contributed by atoms with Crippen molar-refractivity contribution < 1.29 is 22.7 Å². The van der Waals surface area contributed by atoms with E-state index in [0.717, 1.165) is 27.3 Å². The van der Waals surface area contributed by atoms with Gasteiger partial charge in [0.2, 0.25) is 21.8 Å². The Kier molecular flexibility index (Phi) is 8.94. The summed E-state index contributed by atoms with van der Waals surface area (Å²) in [5.74, 6) is -0.495. The van der Waals surface area contributed by atoms with E-state index in [1.807, 2.05) is 58.9 Å². The summed E-state index contributed by atoms with van der Waals surface area (Å²) in [4.78, 5) is 28.0. The summed E-state index contributed by atoms with van der Waals surface area (Å²) in [6.07, 6.45) is 1.04. The first-order valence-corrected chi connectivity index (χ1v) is 13.3. The first kappa shape index (κ1) is 28.2. The second-order valence-corrected chi connectivity index (χ2v) is 11.8. The van der Waals surface area contributed by atoms with Crippen molar-refractivity contribution in [1.29, 1.82) is 0 Å². The molecular weight excluding hydrogens is 466 g/mol. The first-order chi connectivity index (χ1) is 16.1. The highest BCUT2D eigenvalue weighted by Crippen LogP contribution is 2.31. The van der Waals surface area contributed by atoms with Crippen molar-refractivity contribution in [2.75, 3.05) is 24.2 Å². The monoisotopic (exact) mass is 503 g/mol. The maximum atomic E-state index is 13.6.